The number of nitrogens with one attached hydrogen (secondary N) is 1. The molecule has 0 bridgehead atoms. The second-order valence-corrected chi connectivity index (χ2v) is 11.2. The lowest BCUT2D eigenvalue weighted by atomic mass is 9.79. The van der Waals surface area contributed by atoms with E-state index >= 15 is 0 Å². The Kier molecular flexibility index (Phi) is 8.61. The molecule has 1 saturated carbocycles. The first-order valence-electron chi connectivity index (χ1n) is 13.4. The van der Waals surface area contributed by atoms with Crippen LogP contribution in [0.15, 0.2) is 78.9 Å². The van der Waals surface area contributed by atoms with Gasteiger partial charge in [0.25, 0.3) is 0 Å². The van der Waals surface area contributed by atoms with Gasteiger partial charge in [0.15, 0.2) is 0 Å². The number of hydrogen-bond donors (Lipinski definition) is 2. The zero-order valence-electron chi connectivity index (χ0n) is 22.8. The van der Waals surface area contributed by atoms with Crippen molar-refractivity contribution in [2.24, 2.45) is 5.92 Å². The van der Waals surface area contributed by atoms with Crippen LogP contribution in [-0.2, 0) is 19.9 Å². The van der Waals surface area contributed by atoms with E-state index in [2.05, 4.69) is 41.7 Å². The van der Waals surface area contributed by atoms with Crippen LogP contribution >= 0.6 is 0 Å². The van der Waals surface area contributed by atoms with Gasteiger partial charge in [0.1, 0.15) is 12.1 Å². The van der Waals surface area contributed by atoms with Crippen molar-refractivity contribution in [3.05, 3.63) is 95.6 Å². The van der Waals surface area contributed by atoms with Crippen molar-refractivity contribution in [2.45, 2.75) is 69.7 Å². The minimum absolute atomic E-state index is 0.0417. The van der Waals surface area contributed by atoms with Crippen LogP contribution in [0.1, 0.15) is 63.1 Å². The molecule has 3 aromatic carbocycles. The van der Waals surface area contributed by atoms with Crippen molar-refractivity contribution in [2.75, 3.05) is 7.11 Å². The lowest BCUT2D eigenvalue weighted by molar-refractivity contribution is -0.124. The average Bonchev–Trinajstić information content (AvgIpc) is 3.49. The first-order valence-corrected chi connectivity index (χ1v) is 13.4. The van der Waals surface area contributed by atoms with Crippen LogP contribution in [0.25, 0.3) is 11.1 Å². The second kappa shape index (κ2) is 11.7. The van der Waals surface area contributed by atoms with Crippen molar-refractivity contribution in [1.82, 2.24) is 5.32 Å². The van der Waals surface area contributed by atoms with Gasteiger partial charge in [0, 0.05) is 19.4 Å². The molecule has 0 radical (unpaired) electrons. The second-order valence-electron chi connectivity index (χ2n) is 11.2. The van der Waals surface area contributed by atoms with Crippen LogP contribution in [0, 0.1) is 5.92 Å². The van der Waals surface area contributed by atoms with Crippen LogP contribution in [-0.4, -0.2) is 42.0 Å². The Labute approximate surface area is 226 Å². The highest BCUT2D eigenvalue weighted by atomic mass is 16.5. The smallest absolute Gasteiger partial charge is 0.138 e. The number of aliphatic hydroxyl groups is 1. The summed E-state index contributed by atoms with van der Waals surface area (Å²) in [6.45, 7) is 6.06. The molecule has 0 amide bonds. The van der Waals surface area contributed by atoms with Gasteiger partial charge in [-0.25, -0.2) is 0 Å². The van der Waals surface area contributed by atoms with E-state index < -0.39 is 17.7 Å². The molecule has 3 unspecified atom stereocenters. The summed E-state index contributed by atoms with van der Waals surface area (Å²) in [6.07, 6.45) is 2.29. The Hall–Kier alpha value is -3.12. The molecule has 0 spiro atoms. The maximum absolute atomic E-state index is 12.3. The molecule has 0 saturated heterocycles. The van der Waals surface area contributed by atoms with E-state index in [4.69, 9.17) is 4.74 Å². The van der Waals surface area contributed by atoms with Gasteiger partial charge < -0.3 is 14.6 Å². The fraction of sp³-hybridized carbons (Fsp3) is 0.394. The Morgan fingerprint density at radius 1 is 0.974 bits per heavy atom. The zero-order valence-corrected chi connectivity index (χ0v) is 22.8. The number of carbonyl (C=O) groups excluding carboxylic acids is 2. The molecule has 0 heterocycles. The summed E-state index contributed by atoms with van der Waals surface area (Å²) in [4.78, 5) is 24.4. The molecule has 2 N–H and O–H groups in total. The molecule has 3 aromatic rings. The number of hydrogen-bond acceptors (Lipinski definition) is 5. The number of carbonyl (C=O) groups is 2. The predicted octanol–water partition coefficient (Wildman–Crippen LogP) is 5.67. The normalized spacial score (nSPS) is 19.1. The maximum Gasteiger partial charge on any atom is 0.138 e. The van der Waals surface area contributed by atoms with E-state index in [0.717, 1.165) is 40.5 Å². The standard InChI is InChI=1S/C28H27NO3.C5H12O/c30-18-20(17-27(32)23-13-8-16-26(23)31)29-28(19-9-2-1-3-10-19)24-14-6-4-11-21(24)22-12-5-7-15-25(22)28;1-5(2,3)6-4/h1-7,9-12,14-15,18,20,23,27,29,32H,8,13,16-17H2;1-4H3. The van der Waals surface area contributed by atoms with E-state index in [0.29, 0.717) is 12.8 Å². The van der Waals surface area contributed by atoms with E-state index in [-0.39, 0.29) is 23.7 Å². The van der Waals surface area contributed by atoms with Gasteiger partial charge in [-0.3, -0.25) is 10.1 Å². The van der Waals surface area contributed by atoms with Gasteiger partial charge in [0.05, 0.1) is 23.3 Å². The number of aliphatic hydroxyl groups excluding tert-OH is 1. The van der Waals surface area contributed by atoms with Crippen LogP contribution in [0.4, 0.5) is 0 Å². The number of aldehydes is 1. The fourth-order valence-corrected chi connectivity index (χ4v) is 5.57. The van der Waals surface area contributed by atoms with Crippen molar-refractivity contribution >= 4 is 12.1 Å². The number of fused-ring (bicyclic) bond motifs is 3. The summed E-state index contributed by atoms with van der Waals surface area (Å²) >= 11 is 0. The number of Topliss-reactive ketones (excluding diaryl/α,β-unsaturated/α-hetero) is 1. The zero-order chi connectivity index (χ0) is 27.3. The largest absolute Gasteiger partial charge is 0.392 e. The van der Waals surface area contributed by atoms with Gasteiger partial charge in [-0.15, -0.1) is 0 Å². The quantitative estimate of drug-likeness (QED) is 0.398. The third-order valence-corrected chi connectivity index (χ3v) is 7.65. The summed E-state index contributed by atoms with van der Waals surface area (Å²) in [6, 6.07) is 26.1. The van der Waals surface area contributed by atoms with E-state index in [1.165, 1.54) is 0 Å². The minimum Gasteiger partial charge on any atom is -0.392 e. The predicted molar refractivity (Wildman–Crippen MR) is 151 cm³/mol. The highest BCUT2D eigenvalue weighted by molar-refractivity contribution is 5.84. The fourth-order valence-electron chi connectivity index (χ4n) is 5.57. The topological polar surface area (TPSA) is 75.6 Å². The first kappa shape index (κ1) is 27.9. The average molecular weight is 514 g/mol. The Morgan fingerprint density at radius 2 is 1.50 bits per heavy atom. The van der Waals surface area contributed by atoms with E-state index in [1.54, 1.807) is 7.11 Å². The number of methoxy groups -OCH3 is 1. The maximum atomic E-state index is 12.3. The minimum atomic E-state index is -0.826. The third-order valence-electron chi connectivity index (χ3n) is 7.65. The Morgan fingerprint density at radius 3 is 1.97 bits per heavy atom. The van der Waals surface area contributed by atoms with Crippen LogP contribution in [0.5, 0.6) is 0 Å². The van der Waals surface area contributed by atoms with Gasteiger partial charge in [0.2, 0.25) is 0 Å². The molecule has 200 valence electrons. The summed E-state index contributed by atoms with van der Waals surface area (Å²) in [5.74, 6) is -0.258. The molecule has 3 atom stereocenters. The summed E-state index contributed by atoms with van der Waals surface area (Å²) in [7, 11) is 1.71. The van der Waals surface area contributed by atoms with Crippen LogP contribution in [0.2, 0.25) is 0 Å². The van der Waals surface area contributed by atoms with Gasteiger partial charge in [-0.2, -0.15) is 0 Å². The molecular weight excluding hydrogens is 474 g/mol. The van der Waals surface area contributed by atoms with E-state index in [1.807, 2.05) is 63.2 Å². The molecule has 5 heteroatoms. The lowest BCUT2D eigenvalue weighted by Crippen LogP contribution is -2.50. The molecule has 1 fully saturated rings. The molecular formula is C33H39NO4. The van der Waals surface area contributed by atoms with E-state index in [9.17, 15) is 14.7 Å². The molecule has 38 heavy (non-hydrogen) atoms. The van der Waals surface area contributed by atoms with Crippen LogP contribution < -0.4 is 5.32 Å². The summed E-state index contributed by atoms with van der Waals surface area (Å²) in [5.41, 5.74) is 4.80. The molecule has 2 aliphatic rings. The van der Waals surface area contributed by atoms with Crippen molar-refractivity contribution in [1.29, 1.82) is 0 Å². The van der Waals surface area contributed by atoms with Crippen LogP contribution in [0.3, 0.4) is 0 Å². The molecule has 0 aliphatic heterocycles. The number of ether oxygens (including phenoxy) is 1. The van der Waals surface area contributed by atoms with Crippen molar-refractivity contribution < 1.29 is 19.4 Å². The van der Waals surface area contributed by atoms with Gasteiger partial charge in [-0.05, 0) is 67.9 Å². The number of ketones is 1. The van der Waals surface area contributed by atoms with Crippen molar-refractivity contribution in [3.63, 3.8) is 0 Å². The summed E-state index contributed by atoms with van der Waals surface area (Å²) < 4.78 is 4.94. The monoisotopic (exact) mass is 513 g/mol. The summed E-state index contributed by atoms with van der Waals surface area (Å²) in [5, 5.41) is 14.5. The van der Waals surface area contributed by atoms with Gasteiger partial charge >= 0.3 is 0 Å². The number of benzene rings is 3. The highest BCUT2D eigenvalue weighted by Crippen LogP contribution is 2.51. The van der Waals surface area contributed by atoms with Gasteiger partial charge in [-0.1, -0.05) is 78.9 Å². The molecule has 5 nitrogen and oxygen atoms in total. The SMILES string of the molecule is COC(C)(C)C.O=CC(CC(O)C1CCCC1=O)NC1(c2ccccc2)c2ccccc2-c2ccccc21. The molecule has 5 rings (SSSR count). The lowest BCUT2D eigenvalue weighted by Gasteiger charge is -2.37. The Bertz CT molecular complexity index is 1200. The third kappa shape index (κ3) is 5.65. The molecule has 0 aromatic heterocycles. The Balaban J connectivity index is 0.000000505. The highest BCUT2D eigenvalue weighted by Gasteiger charge is 2.46. The molecule has 2 aliphatic carbocycles. The first-order chi connectivity index (χ1) is 18.2. The number of rotatable bonds is 7. The van der Waals surface area contributed by atoms with Crippen molar-refractivity contribution in [3.8, 4) is 11.1 Å².